The van der Waals surface area contributed by atoms with Crippen LogP contribution in [-0.4, -0.2) is 25.7 Å². The van der Waals surface area contributed by atoms with Crippen molar-refractivity contribution in [3.05, 3.63) is 29.8 Å². The van der Waals surface area contributed by atoms with E-state index in [0.29, 0.717) is 6.04 Å². The number of hydrogen-bond donors (Lipinski definition) is 1. The zero-order valence-corrected chi connectivity index (χ0v) is 10.4. The van der Waals surface area contributed by atoms with Gasteiger partial charge in [-0.25, -0.2) is 0 Å². The maximum Gasteiger partial charge on any atom is 0.119 e. The Kier molecular flexibility index (Phi) is 5.58. The van der Waals surface area contributed by atoms with Crippen LogP contribution in [-0.2, 0) is 0 Å². The standard InChI is InChI=1S/C12H19NOS/c1-4-14-11-7-5-6-10(8-11)12(13-2)9-15-3/h5-8,12-13H,4,9H2,1-3H3. The third-order valence-corrected chi connectivity index (χ3v) is 2.92. The van der Waals surface area contributed by atoms with E-state index in [1.165, 1.54) is 5.56 Å². The second-order valence-electron chi connectivity index (χ2n) is 3.30. The summed E-state index contributed by atoms with van der Waals surface area (Å²) in [5, 5.41) is 3.31. The number of thioether (sulfide) groups is 1. The Morgan fingerprint density at radius 3 is 2.87 bits per heavy atom. The Balaban J connectivity index is 2.77. The lowest BCUT2D eigenvalue weighted by atomic mass is 10.1. The van der Waals surface area contributed by atoms with Gasteiger partial charge in [-0.1, -0.05) is 12.1 Å². The molecule has 0 bridgehead atoms. The molecule has 0 heterocycles. The molecule has 0 fully saturated rings. The lowest BCUT2D eigenvalue weighted by Crippen LogP contribution is -2.18. The van der Waals surface area contributed by atoms with Gasteiger partial charge in [-0.3, -0.25) is 0 Å². The van der Waals surface area contributed by atoms with Crippen molar-refractivity contribution in [1.82, 2.24) is 5.32 Å². The highest BCUT2D eigenvalue weighted by Gasteiger charge is 2.08. The fourth-order valence-corrected chi connectivity index (χ4v) is 2.19. The molecule has 84 valence electrons. The molecular weight excluding hydrogens is 206 g/mol. The van der Waals surface area contributed by atoms with Crippen LogP contribution in [0.3, 0.4) is 0 Å². The van der Waals surface area contributed by atoms with Gasteiger partial charge in [-0.15, -0.1) is 0 Å². The molecule has 1 unspecified atom stereocenters. The highest BCUT2D eigenvalue weighted by atomic mass is 32.2. The van der Waals surface area contributed by atoms with Gasteiger partial charge in [0.2, 0.25) is 0 Å². The molecule has 0 spiro atoms. The second kappa shape index (κ2) is 6.75. The van der Waals surface area contributed by atoms with Crippen LogP contribution >= 0.6 is 11.8 Å². The second-order valence-corrected chi connectivity index (χ2v) is 4.21. The molecular formula is C12H19NOS. The van der Waals surface area contributed by atoms with Gasteiger partial charge >= 0.3 is 0 Å². The van der Waals surface area contributed by atoms with Crippen molar-refractivity contribution in [2.24, 2.45) is 0 Å². The molecule has 0 aliphatic carbocycles. The maximum absolute atomic E-state index is 5.48. The molecule has 1 rings (SSSR count). The van der Waals surface area contributed by atoms with Gasteiger partial charge in [0.25, 0.3) is 0 Å². The first-order valence-electron chi connectivity index (χ1n) is 5.20. The highest BCUT2D eigenvalue weighted by molar-refractivity contribution is 7.98. The van der Waals surface area contributed by atoms with Crippen LogP contribution in [0.5, 0.6) is 5.75 Å². The van der Waals surface area contributed by atoms with Crippen LogP contribution in [0.2, 0.25) is 0 Å². The minimum atomic E-state index is 0.403. The first kappa shape index (κ1) is 12.4. The quantitative estimate of drug-likeness (QED) is 0.804. The van der Waals surface area contributed by atoms with Gasteiger partial charge in [-0.05, 0) is 37.9 Å². The van der Waals surface area contributed by atoms with Gasteiger partial charge in [0.15, 0.2) is 0 Å². The van der Waals surface area contributed by atoms with Gasteiger partial charge in [0, 0.05) is 11.8 Å². The summed E-state index contributed by atoms with van der Waals surface area (Å²) in [6.07, 6.45) is 2.12. The van der Waals surface area contributed by atoms with Crippen LogP contribution in [0.1, 0.15) is 18.5 Å². The smallest absolute Gasteiger partial charge is 0.119 e. The molecule has 2 nitrogen and oxygen atoms in total. The van der Waals surface area contributed by atoms with Crippen LogP contribution in [0.4, 0.5) is 0 Å². The first-order valence-corrected chi connectivity index (χ1v) is 6.60. The summed E-state index contributed by atoms with van der Waals surface area (Å²) in [4.78, 5) is 0. The monoisotopic (exact) mass is 225 g/mol. The normalized spacial score (nSPS) is 12.5. The number of hydrogen-bond acceptors (Lipinski definition) is 3. The van der Waals surface area contributed by atoms with Crippen molar-refractivity contribution in [2.45, 2.75) is 13.0 Å². The first-order chi connectivity index (χ1) is 7.31. The summed E-state index contributed by atoms with van der Waals surface area (Å²) in [6, 6.07) is 8.70. The zero-order chi connectivity index (χ0) is 11.1. The summed E-state index contributed by atoms with van der Waals surface area (Å²) in [5.74, 6) is 2.03. The summed E-state index contributed by atoms with van der Waals surface area (Å²) in [7, 11) is 1.99. The predicted octanol–water partition coefficient (Wildman–Crippen LogP) is 2.71. The van der Waals surface area contributed by atoms with E-state index in [1.54, 1.807) is 0 Å². The summed E-state index contributed by atoms with van der Waals surface area (Å²) in [6.45, 7) is 2.72. The molecule has 0 radical (unpaired) electrons. The van der Waals surface area contributed by atoms with Gasteiger partial charge in [-0.2, -0.15) is 11.8 Å². The van der Waals surface area contributed by atoms with E-state index >= 15 is 0 Å². The molecule has 15 heavy (non-hydrogen) atoms. The van der Waals surface area contributed by atoms with E-state index < -0.39 is 0 Å². The van der Waals surface area contributed by atoms with Crippen molar-refractivity contribution in [3.63, 3.8) is 0 Å². The Morgan fingerprint density at radius 2 is 2.27 bits per heavy atom. The fourth-order valence-electron chi connectivity index (χ4n) is 1.50. The van der Waals surface area contributed by atoms with Crippen molar-refractivity contribution in [1.29, 1.82) is 0 Å². The number of ether oxygens (including phenoxy) is 1. The third kappa shape index (κ3) is 3.76. The lowest BCUT2D eigenvalue weighted by molar-refractivity contribution is 0.339. The average Bonchev–Trinajstić information content (AvgIpc) is 2.27. The highest BCUT2D eigenvalue weighted by Crippen LogP contribution is 2.21. The Bertz CT molecular complexity index is 291. The molecule has 1 aromatic carbocycles. The van der Waals surface area contributed by atoms with E-state index in [4.69, 9.17) is 4.74 Å². The van der Waals surface area contributed by atoms with Crippen LogP contribution in [0.25, 0.3) is 0 Å². The largest absolute Gasteiger partial charge is 0.494 e. The molecule has 1 atom stereocenters. The van der Waals surface area contributed by atoms with E-state index in [0.717, 1.165) is 18.1 Å². The third-order valence-electron chi connectivity index (χ3n) is 2.25. The predicted molar refractivity (Wildman–Crippen MR) is 67.8 cm³/mol. The lowest BCUT2D eigenvalue weighted by Gasteiger charge is -2.16. The molecule has 3 heteroatoms. The van der Waals surface area contributed by atoms with E-state index in [1.807, 2.05) is 37.9 Å². The summed E-state index contributed by atoms with van der Waals surface area (Å²) >= 11 is 1.85. The summed E-state index contributed by atoms with van der Waals surface area (Å²) in [5.41, 5.74) is 1.29. The molecule has 0 saturated heterocycles. The average molecular weight is 225 g/mol. The minimum Gasteiger partial charge on any atom is -0.494 e. The molecule has 0 aliphatic heterocycles. The minimum absolute atomic E-state index is 0.403. The molecule has 0 aromatic heterocycles. The van der Waals surface area contributed by atoms with E-state index in [2.05, 4.69) is 23.7 Å². The van der Waals surface area contributed by atoms with Crippen LogP contribution < -0.4 is 10.1 Å². The summed E-state index contributed by atoms with van der Waals surface area (Å²) < 4.78 is 5.48. The maximum atomic E-state index is 5.48. The van der Waals surface area contributed by atoms with Gasteiger partial charge < -0.3 is 10.1 Å². The Labute approximate surface area is 96.4 Å². The van der Waals surface area contributed by atoms with Crippen LogP contribution in [0.15, 0.2) is 24.3 Å². The topological polar surface area (TPSA) is 21.3 Å². The number of nitrogens with one attached hydrogen (secondary N) is 1. The van der Waals surface area contributed by atoms with Crippen molar-refractivity contribution in [2.75, 3.05) is 25.7 Å². The Morgan fingerprint density at radius 1 is 1.47 bits per heavy atom. The van der Waals surface area contributed by atoms with E-state index in [-0.39, 0.29) is 0 Å². The Hall–Kier alpha value is -0.670. The van der Waals surface area contributed by atoms with Crippen molar-refractivity contribution >= 4 is 11.8 Å². The molecule has 1 N–H and O–H groups in total. The number of rotatable bonds is 6. The molecule has 0 saturated carbocycles. The molecule has 0 amide bonds. The van der Waals surface area contributed by atoms with Crippen molar-refractivity contribution in [3.8, 4) is 5.75 Å². The van der Waals surface area contributed by atoms with Gasteiger partial charge in [0.05, 0.1) is 6.61 Å². The fraction of sp³-hybridized carbons (Fsp3) is 0.500. The zero-order valence-electron chi connectivity index (χ0n) is 9.62. The molecule has 1 aromatic rings. The van der Waals surface area contributed by atoms with E-state index in [9.17, 15) is 0 Å². The SMILES string of the molecule is CCOc1cccc(C(CSC)NC)c1. The van der Waals surface area contributed by atoms with Crippen molar-refractivity contribution < 1.29 is 4.74 Å². The van der Waals surface area contributed by atoms with Crippen LogP contribution in [0, 0.1) is 0 Å². The van der Waals surface area contributed by atoms with Gasteiger partial charge in [0.1, 0.15) is 5.75 Å². The number of benzene rings is 1. The molecule has 0 aliphatic rings.